The summed E-state index contributed by atoms with van der Waals surface area (Å²) in [5.74, 6) is -0.0840. The van der Waals surface area contributed by atoms with Crippen molar-refractivity contribution in [3.63, 3.8) is 0 Å². The van der Waals surface area contributed by atoms with Gasteiger partial charge in [0.2, 0.25) is 0 Å². The molecule has 24 heavy (non-hydrogen) atoms. The van der Waals surface area contributed by atoms with Crippen LogP contribution in [0.25, 0.3) is 0 Å². The zero-order valence-corrected chi connectivity index (χ0v) is 13.6. The van der Waals surface area contributed by atoms with Crippen LogP contribution in [0, 0.1) is 6.92 Å². The van der Waals surface area contributed by atoms with Crippen molar-refractivity contribution in [2.75, 3.05) is 6.61 Å². The van der Waals surface area contributed by atoms with Gasteiger partial charge in [-0.3, -0.25) is 20.4 Å². The summed E-state index contributed by atoms with van der Waals surface area (Å²) in [6.45, 7) is 1.75. The molecule has 0 fully saturated rings. The van der Waals surface area contributed by atoms with Crippen LogP contribution in [0.3, 0.4) is 0 Å². The molecule has 5 nitrogen and oxygen atoms in total. The first-order valence-corrected chi connectivity index (χ1v) is 8.03. The number of nitrogens with one attached hydrogen (secondary N) is 2. The predicted molar refractivity (Wildman–Crippen MR) is 90.7 cm³/mol. The summed E-state index contributed by atoms with van der Waals surface area (Å²) < 4.78 is 5.43. The standard InChI is InChI=1S/C19H20N2O3/c1-13-5-2-3-8-17(13)24-12-18(22)20-21-19(23)16-10-9-14-6-4-7-15(14)11-16/h2-3,5,8-11H,4,6-7,12H2,1H3,(H,20,22)(H,21,23). The number of hydrogen-bond donors (Lipinski definition) is 2. The van der Waals surface area contributed by atoms with Crippen molar-refractivity contribution in [2.45, 2.75) is 26.2 Å². The van der Waals surface area contributed by atoms with Gasteiger partial charge in [0, 0.05) is 5.56 Å². The number of carbonyl (C=O) groups excluding carboxylic acids is 2. The Kier molecular flexibility index (Phi) is 4.79. The van der Waals surface area contributed by atoms with Gasteiger partial charge in [0.05, 0.1) is 0 Å². The number of fused-ring (bicyclic) bond motifs is 1. The highest BCUT2D eigenvalue weighted by atomic mass is 16.5. The molecule has 0 aromatic heterocycles. The van der Waals surface area contributed by atoms with Crippen molar-refractivity contribution in [3.8, 4) is 5.75 Å². The number of hydrazine groups is 1. The minimum atomic E-state index is -0.409. The summed E-state index contributed by atoms with van der Waals surface area (Å²) >= 11 is 0. The Labute approximate surface area is 141 Å². The third-order valence-corrected chi connectivity index (χ3v) is 4.13. The van der Waals surface area contributed by atoms with Gasteiger partial charge in [0.15, 0.2) is 6.61 Å². The summed E-state index contributed by atoms with van der Waals surface area (Å²) in [7, 11) is 0. The van der Waals surface area contributed by atoms with Crippen LogP contribution in [0.1, 0.15) is 33.5 Å². The number of aryl methyl sites for hydroxylation is 3. The molecule has 0 radical (unpaired) electrons. The molecule has 0 aliphatic heterocycles. The zero-order valence-electron chi connectivity index (χ0n) is 13.6. The number of benzene rings is 2. The fourth-order valence-corrected chi connectivity index (χ4v) is 2.81. The van der Waals surface area contributed by atoms with E-state index >= 15 is 0 Å². The third-order valence-electron chi connectivity index (χ3n) is 4.13. The zero-order chi connectivity index (χ0) is 16.9. The summed E-state index contributed by atoms with van der Waals surface area (Å²) in [4.78, 5) is 23.9. The van der Waals surface area contributed by atoms with Crippen molar-refractivity contribution in [2.24, 2.45) is 0 Å². The molecule has 2 amide bonds. The van der Waals surface area contributed by atoms with E-state index in [1.807, 2.05) is 37.3 Å². The lowest BCUT2D eigenvalue weighted by atomic mass is 10.1. The second-order valence-electron chi connectivity index (χ2n) is 5.89. The molecule has 3 rings (SSSR count). The van der Waals surface area contributed by atoms with Gasteiger partial charge in [-0.15, -0.1) is 0 Å². The van der Waals surface area contributed by atoms with Crippen LogP contribution >= 0.6 is 0 Å². The number of carbonyl (C=O) groups is 2. The Morgan fingerprint density at radius 2 is 1.83 bits per heavy atom. The molecular weight excluding hydrogens is 304 g/mol. The van der Waals surface area contributed by atoms with Gasteiger partial charge in [0.1, 0.15) is 5.75 Å². The van der Waals surface area contributed by atoms with Crippen LogP contribution in [0.4, 0.5) is 0 Å². The quantitative estimate of drug-likeness (QED) is 0.848. The molecule has 2 aromatic rings. The fourth-order valence-electron chi connectivity index (χ4n) is 2.81. The van der Waals surface area contributed by atoms with Crippen LogP contribution < -0.4 is 15.6 Å². The Morgan fingerprint density at radius 1 is 1.04 bits per heavy atom. The highest BCUT2D eigenvalue weighted by Crippen LogP contribution is 2.22. The monoisotopic (exact) mass is 324 g/mol. The minimum absolute atomic E-state index is 0.157. The molecule has 1 aliphatic carbocycles. The van der Waals surface area contributed by atoms with E-state index in [9.17, 15) is 9.59 Å². The second-order valence-corrected chi connectivity index (χ2v) is 5.89. The lowest BCUT2D eigenvalue weighted by Gasteiger charge is -2.10. The number of amides is 2. The molecule has 0 spiro atoms. The predicted octanol–water partition coefficient (Wildman–Crippen LogP) is 2.32. The van der Waals surface area contributed by atoms with E-state index in [1.54, 1.807) is 12.1 Å². The van der Waals surface area contributed by atoms with Gasteiger partial charge in [0.25, 0.3) is 11.8 Å². The SMILES string of the molecule is Cc1ccccc1OCC(=O)NNC(=O)c1ccc2c(c1)CCC2. The summed E-state index contributed by atoms with van der Waals surface area (Å²) in [5, 5.41) is 0. The van der Waals surface area contributed by atoms with E-state index in [-0.39, 0.29) is 12.5 Å². The van der Waals surface area contributed by atoms with Gasteiger partial charge >= 0.3 is 0 Å². The van der Waals surface area contributed by atoms with Gasteiger partial charge in [-0.1, -0.05) is 24.3 Å². The Bertz CT molecular complexity index is 771. The maximum absolute atomic E-state index is 12.1. The lowest BCUT2D eigenvalue weighted by molar-refractivity contribution is -0.123. The van der Waals surface area contributed by atoms with Gasteiger partial charge < -0.3 is 4.74 Å². The molecule has 2 N–H and O–H groups in total. The van der Waals surface area contributed by atoms with E-state index in [4.69, 9.17) is 4.74 Å². The van der Waals surface area contributed by atoms with Crippen LogP contribution in [-0.2, 0) is 17.6 Å². The Morgan fingerprint density at radius 3 is 2.67 bits per heavy atom. The Balaban J connectivity index is 1.49. The second kappa shape index (κ2) is 7.17. The first-order valence-electron chi connectivity index (χ1n) is 8.03. The Hall–Kier alpha value is -2.82. The average molecular weight is 324 g/mol. The van der Waals surface area contributed by atoms with Gasteiger partial charge in [-0.05, 0) is 61.1 Å². The summed E-state index contributed by atoms with van der Waals surface area (Å²) in [6.07, 6.45) is 3.21. The lowest BCUT2D eigenvalue weighted by Crippen LogP contribution is -2.43. The highest BCUT2D eigenvalue weighted by Gasteiger charge is 2.14. The topological polar surface area (TPSA) is 67.4 Å². The molecule has 0 saturated heterocycles. The molecular formula is C19H20N2O3. The van der Waals surface area contributed by atoms with E-state index in [1.165, 1.54) is 11.1 Å². The first kappa shape index (κ1) is 16.1. The van der Waals surface area contributed by atoms with E-state index in [0.29, 0.717) is 11.3 Å². The first-order chi connectivity index (χ1) is 11.6. The van der Waals surface area contributed by atoms with E-state index in [2.05, 4.69) is 10.9 Å². The normalized spacial score (nSPS) is 12.4. The third kappa shape index (κ3) is 3.74. The number of rotatable bonds is 4. The number of para-hydroxylation sites is 1. The molecule has 0 bridgehead atoms. The van der Waals surface area contributed by atoms with Crippen LogP contribution in [0.15, 0.2) is 42.5 Å². The molecule has 0 atom stereocenters. The van der Waals surface area contributed by atoms with Crippen LogP contribution in [-0.4, -0.2) is 18.4 Å². The van der Waals surface area contributed by atoms with Crippen LogP contribution in [0.5, 0.6) is 5.75 Å². The molecule has 124 valence electrons. The minimum Gasteiger partial charge on any atom is -0.483 e. The number of ether oxygens (including phenoxy) is 1. The maximum Gasteiger partial charge on any atom is 0.276 e. The maximum atomic E-state index is 12.1. The molecule has 1 aliphatic rings. The fraction of sp³-hybridized carbons (Fsp3) is 0.263. The van der Waals surface area contributed by atoms with Crippen molar-refractivity contribution in [3.05, 3.63) is 64.7 Å². The largest absolute Gasteiger partial charge is 0.483 e. The molecule has 2 aromatic carbocycles. The van der Waals surface area contributed by atoms with Crippen LogP contribution in [0.2, 0.25) is 0 Å². The summed E-state index contributed by atoms with van der Waals surface area (Å²) in [6, 6.07) is 13.1. The van der Waals surface area contributed by atoms with E-state index < -0.39 is 5.91 Å². The van der Waals surface area contributed by atoms with Gasteiger partial charge in [-0.25, -0.2) is 0 Å². The number of hydrogen-bond acceptors (Lipinski definition) is 3. The average Bonchev–Trinajstić information content (AvgIpc) is 3.06. The van der Waals surface area contributed by atoms with E-state index in [0.717, 1.165) is 24.8 Å². The molecule has 0 unspecified atom stereocenters. The van der Waals surface area contributed by atoms with Crippen molar-refractivity contribution in [1.29, 1.82) is 0 Å². The molecule has 5 heteroatoms. The van der Waals surface area contributed by atoms with Crippen molar-refractivity contribution < 1.29 is 14.3 Å². The molecule has 0 heterocycles. The summed E-state index contributed by atoms with van der Waals surface area (Å²) in [5.41, 5.74) is 8.83. The smallest absolute Gasteiger partial charge is 0.276 e. The molecule has 0 saturated carbocycles. The van der Waals surface area contributed by atoms with Crippen molar-refractivity contribution in [1.82, 2.24) is 10.9 Å². The van der Waals surface area contributed by atoms with Crippen molar-refractivity contribution >= 4 is 11.8 Å². The highest BCUT2D eigenvalue weighted by molar-refractivity contribution is 5.95. The van der Waals surface area contributed by atoms with Gasteiger partial charge in [-0.2, -0.15) is 0 Å².